The second-order valence-electron chi connectivity index (χ2n) is 6.56. The number of nitrogens with two attached hydrogens (primary N) is 1. The Kier molecular flexibility index (Phi) is 6.82. The van der Waals surface area contributed by atoms with Crippen LogP contribution in [0, 0.1) is 0 Å². The van der Waals surface area contributed by atoms with E-state index in [0.29, 0.717) is 19.6 Å². The Balaban J connectivity index is 1.64. The summed E-state index contributed by atoms with van der Waals surface area (Å²) in [5, 5.41) is 0. The molecule has 0 fully saturated rings. The van der Waals surface area contributed by atoms with E-state index in [2.05, 4.69) is 6.07 Å². The van der Waals surface area contributed by atoms with Gasteiger partial charge >= 0.3 is 5.97 Å². The Hall–Kier alpha value is -3.11. The van der Waals surface area contributed by atoms with E-state index in [1.807, 2.05) is 72.8 Å². The SMILES string of the molecule is CCOC(=O)[C@H](N)Cc1cccc(-c2ccc(OCc3ccccc3)cc2)c1. The van der Waals surface area contributed by atoms with Crippen molar-refractivity contribution in [3.8, 4) is 16.9 Å². The van der Waals surface area contributed by atoms with Crippen molar-refractivity contribution in [1.82, 2.24) is 0 Å². The summed E-state index contributed by atoms with van der Waals surface area (Å²) in [7, 11) is 0. The highest BCUT2D eigenvalue weighted by molar-refractivity contribution is 5.76. The van der Waals surface area contributed by atoms with E-state index in [0.717, 1.165) is 28.0 Å². The third kappa shape index (κ3) is 5.44. The van der Waals surface area contributed by atoms with Gasteiger partial charge in [0.25, 0.3) is 0 Å². The first-order chi connectivity index (χ1) is 13.7. The second kappa shape index (κ2) is 9.72. The molecule has 0 aliphatic rings. The minimum Gasteiger partial charge on any atom is -0.489 e. The average molecular weight is 375 g/mol. The van der Waals surface area contributed by atoms with Gasteiger partial charge in [-0.2, -0.15) is 0 Å². The zero-order valence-electron chi connectivity index (χ0n) is 16.0. The summed E-state index contributed by atoms with van der Waals surface area (Å²) < 4.78 is 10.8. The molecule has 3 aromatic carbocycles. The second-order valence-corrected chi connectivity index (χ2v) is 6.56. The van der Waals surface area contributed by atoms with Crippen LogP contribution in [0.5, 0.6) is 5.75 Å². The standard InChI is InChI=1S/C24H25NO3/c1-2-27-24(26)23(25)16-19-9-6-10-21(15-19)20-11-13-22(14-12-20)28-17-18-7-4-3-5-8-18/h3-15,23H,2,16-17,25H2,1H3/t23-/m1/s1. The predicted octanol–water partition coefficient (Wildman–Crippen LogP) is 4.37. The number of esters is 1. The zero-order valence-corrected chi connectivity index (χ0v) is 16.0. The smallest absolute Gasteiger partial charge is 0.323 e. The van der Waals surface area contributed by atoms with Crippen LogP contribution in [-0.2, 0) is 22.6 Å². The summed E-state index contributed by atoms with van der Waals surface area (Å²) in [6, 6.07) is 25.5. The molecule has 1 atom stereocenters. The maximum Gasteiger partial charge on any atom is 0.323 e. The van der Waals surface area contributed by atoms with Crippen LogP contribution < -0.4 is 10.5 Å². The molecule has 0 aliphatic carbocycles. The number of hydrogen-bond donors (Lipinski definition) is 1. The van der Waals surface area contributed by atoms with E-state index in [9.17, 15) is 4.79 Å². The van der Waals surface area contributed by atoms with Gasteiger partial charge in [-0.3, -0.25) is 4.79 Å². The summed E-state index contributed by atoms with van der Waals surface area (Å²) in [6.07, 6.45) is 0.449. The van der Waals surface area contributed by atoms with Crippen LogP contribution in [-0.4, -0.2) is 18.6 Å². The van der Waals surface area contributed by atoms with Crippen molar-refractivity contribution in [3.05, 3.63) is 90.0 Å². The molecule has 144 valence electrons. The number of rotatable bonds is 8. The van der Waals surface area contributed by atoms with Crippen LogP contribution in [0.25, 0.3) is 11.1 Å². The van der Waals surface area contributed by atoms with Gasteiger partial charge in [-0.1, -0.05) is 66.7 Å². The molecule has 0 amide bonds. The van der Waals surface area contributed by atoms with Gasteiger partial charge in [0.15, 0.2) is 0 Å². The predicted molar refractivity (Wildman–Crippen MR) is 111 cm³/mol. The maximum atomic E-state index is 11.7. The van der Waals surface area contributed by atoms with E-state index < -0.39 is 6.04 Å². The van der Waals surface area contributed by atoms with Gasteiger partial charge < -0.3 is 15.2 Å². The Morgan fingerprint density at radius 3 is 2.32 bits per heavy atom. The number of ether oxygens (including phenoxy) is 2. The monoisotopic (exact) mass is 375 g/mol. The quantitative estimate of drug-likeness (QED) is 0.594. The molecule has 3 aromatic rings. The number of hydrogen-bond acceptors (Lipinski definition) is 4. The highest BCUT2D eigenvalue weighted by Gasteiger charge is 2.15. The number of carbonyl (C=O) groups is 1. The molecule has 0 spiro atoms. The van der Waals surface area contributed by atoms with Crippen LogP contribution >= 0.6 is 0 Å². The minimum atomic E-state index is -0.649. The number of carbonyl (C=O) groups excluding carboxylic acids is 1. The number of benzene rings is 3. The molecule has 2 N–H and O–H groups in total. The lowest BCUT2D eigenvalue weighted by atomic mass is 9.99. The van der Waals surface area contributed by atoms with Crippen molar-refractivity contribution in [2.45, 2.75) is 26.0 Å². The van der Waals surface area contributed by atoms with E-state index in [1.165, 1.54) is 0 Å². The molecule has 4 heteroatoms. The lowest BCUT2D eigenvalue weighted by Gasteiger charge is -2.12. The lowest BCUT2D eigenvalue weighted by Crippen LogP contribution is -2.34. The van der Waals surface area contributed by atoms with Crippen molar-refractivity contribution >= 4 is 5.97 Å². The van der Waals surface area contributed by atoms with Crippen LogP contribution in [0.1, 0.15) is 18.1 Å². The van der Waals surface area contributed by atoms with Gasteiger partial charge in [0, 0.05) is 0 Å². The molecule has 3 rings (SSSR count). The van der Waals surface area contributed by atoms with Gasteiger partial charge in [0.2, 0.25) is 0 Å². The Morgan fingerprint density at radius 2 is 1.61 bits per heavy atom. The summed E-state index contributed by atoms with van der Waals surface area (Å²) in [5.74, 6) is 0.459. The van der Waals surface area contributed by atoms with Crippen LogP contribution in [0.15, 0.2) is 78.9 Å². The molecular formula is C24H25NO3. The Bertz CT molecular complexity index is 891. The van der Waals surface area contributed by atoms with E-state index >= 15 is 0 Å². The summed E-state index contributed by atoms with van der Waals surface area (Å²) in [6.45, 7) is 2.66. The van der Waals surface area contributed by atoms with Crippen molar-refractivity contribution in [1.29, 1.82) is 0 Å². The normalized spacial score (nSPS) is 11.6. The first-order valence-electron chi connectivity index (χ1n) is 9.44. The largest absolute Gasteiger partial charge is 0.489 e. The summed E-state index contributed by atoms with van der Waals surface area (Å²) in [5.41, 5.74) is 10.2. The third-order valence-corrected chi connectivity index (χ3v) is 4.41. The van der Waals surface area contributed by atoms with Gasteiger partial charge in [-0.15, -0.1) is 0 Å². The van der Waals surface area contributed by atoms with Crippen LogP contribution in [0.4, 0.5) is 0 Å². The Labute approximate surface area is 165 Å². The zero-order chi connectivity index (χ0) is 19.8. The van der Waals surface area contributed by atoms with Crippen molar-refractivity contribution in [3.63, 3.8) is 0 Å². The minimum absolute atomic E-state index is 0.339. The fourth-order valence-corrected chi connectivity index (χ4v) is 2.95. The third-order valence-electron chi connectivity index (χ3n) is 4.41. The maximum absolute atomic E-state index is 11.7. The first kappa shape index (κ1) is 19.6. The molecule has 0 aliphatic heterocycles. The molecule has 28 heavy (non-hydrogen) atoms. The van der Waals surface area contributed by atoms with E-state index in [4.69, 9.17) is 15.2 Å². The Morgan fingerprint density at radius 1 is 0.893 bits per heavy atom. The van der Waals surface area contributed by atoms with Gasteiger partial charge in [0.05, 0.1) is 6.61 Å². The molecule has 0 bridgehead atoms. The lowest BCUT2D eigenvalue weighted by molar-refractivity contribution is -0.144. The van der Waals surface area contributed by atoms with Crippen LogP contribution in [0.2, 0.25) is 0 Å². The molecule has 0 saturated heterocycles. The summed E-state index contributed by atoms with van der Waals surface area (Å²) >= 11 is 0. The van der Waals surface area contributed by atoms with E-state index in [-0.39, 0.29) is 5.97 Å². The van der Waals surface area contributed by atoms with Gasteiger partial charge in [-0.25, -0.2) is 0 Å². The first-order valence-corrected chi connectivity index (χ1v) is 9.44. The molecule has 0 radical (unpaired) electrons. The highest BCUT2D eigenvalue weighted by Crippen LogP contribution is 2.24. The fraction of sp³-hybridized carbons (Fsp3) is 0.208. The molecular weight excluding hydrogens is 350 g/mol. The molecule has 4 nitrogen and oxygen atoms in total. The molecule has 0 unspecified atom stereocenters. The van der Waals surface area contributed by atoms with Crippen molar-refractivity contribution < 1.29 is 14.3 Å². The highest BCUT2D eigenvalue weighted by atomic mass is 16.5. The van der Waals surface area contributed by atoms with Crippen molar-refractivity contribution in [2.24, 2.45) is 5.73 Å². The van der Waals surface area contributed by atoms with Gasteiger partial charge in [0.1, 0.15) is 18.4 Å². The molecule has 0 heterocycles. The van der Waals surface area contributed by atoms with E-state index in [1.54, 1.807) is 6.92 Å². The van der Waals surface area contributed by atoms with Gasteiger partial charge in [-0.05, 0) is 47.7 Å². The van der Waals surface area contributed by atoms with Crippen LogP contribution in [0.3, 0.4) is 0 Å². The fourth-order valence-electron chi connectivity index (χ4n) is 2.95. The van der Waals surface area contributed by atoms with Crippen molar-refractivity contribution in [2.75, 3.05) is 6.61 Å². The molecule has 0 saturated carbocycles. The molecule has 0 aromatic heterocycles. The average Bonchev–Trinajstić information content (AvgIpc) is 2.74. The topological polar surface area (TPSA) is 61.5 Å². The summed E-state index contributed by atoms with van der Waals surface area (Å²) in [4.78, 5) is 11.7.